The third-order valence-electron chi connectivity index (χ3n) is 5.35. The van der Waals surface area contributed by atoms with E-state index in [2.05, 4.69) is 33.6 Å². The summed E-state index contributed by atoms with van der Waals surface area (Å²) in [5.41, 5.74) is 2.13. The maximum absolute atomic E-state index is 12.8. The number of fused-ring (bicyclic) bond motifs is 1. The third-order valence-corrected chi connectivity index (χ3v) is 6.55. The van der Waals surface area contributed by atoms with Crippen molar-refractivity contribution in [3.05, 3.63) is 46.6 Å². The van der Waals surface area contributed by atoms with Crippen molar-refractivity contribution in [1.29, 1.82) is 0 Å². The molecule has 1 saturated heterocycles. The van der Waals surface area contributed by atoms with Gasteiger partial charge in [0.15, 0.2) is 0 Å². The van der Waals surface area contributed by atoms with Crippen molar-refractivity contribution in [1.82, 2.24) is 15.3 Å². The normalized spacial score (nSPS) is 14.9. The quantitative estimate of drug-likeness (QED) is 0.574. The highest BCUT2D eigenvalue weighted by atomic mass is 32.1. The Hall–Kier alpha value is -2.71. The second-order valence-corrected chi connectivity index (χ2v) is 8.97. The molecule has 1 aliphatic rings. The van der Waals surface area contributed by atoms with E-state index in [-0.39, 0.29) is 11.3 Å². The number of nitrogens with zero attached hydrogens (tertiary/aromatic N) is 2. The van der Waals surface area contributed by atoms with E-state index in [9.17, 15) is 4.79 Å². The van der Waals surface area contributed by atoms with Crippen molar-refractivity contribution in [3.8, 4) is 5.75 Å². The van der Waals surface area contributed by atoms with E-state index < -0.39 is 0 Å². The number of hydrogen-bond acceptors (Lipinski definition) is 7. The summed E-state index contributed by atoms with van der Waals surface area (Å²) in [5, 5.41) is 7.37. The number of rotatable bonds is 8. The summed E-state index contributed by atoms with van der Waals surface area (Å²) in [7, 11) is 1.67. The maximum Gasteiger partial charge on any atom is 0.261 e. The number of thiophene rings is 1. The Bertz CT molecular complexity index is 1060. The molecule has 3 heterocycles. The summed E-state index contributed by atoms with van der Waals surface area (Å²) < 4.78 is 10.5. The number of nitrogens with one attached hydrogen (secondary N) is 2. The SMILES string of the molecule is COc1cccc(CCNc2ncnc3sc(C(=O)NCC4(C)COC4)c(C)c23)c1. The van der Waals surface area contributed by atoms with E-state index in [1.54, 1.807) is 13.4 Å². The fraction of sp³-hybridized carbons (Fsp3) is 0.409. The zero-order valence-electron chi connectivity index (χ0n) is 17.4. The first-order chi connectivity index (χ1) is 14.5. The lowest BCUT2D eigenvalue weighted by molar-refractivity contribution is -0.0978. The number of methoxy groups -OCH3 is 1. The fourth-order valence-electron chi connectivity index (χ4n) is 3.50. The van der Waals surface area contributed by atoms with E-state index in [1.165, 1.54) is 16.9 Å². The second-order valence-electron chi connectivity index (χ2n) is 7.97. The van der Waals surface area contributed by atoms with Gasteiger partial charge in [0.25, 0.3) is 5.91 Å². The lowest BCUT2D eigenvalue weighted by Crippen LogP contribution is -2.48. The molecule has 1 amide bonds. The molecule has 0 radical (unpaired) electrons. The Balaban J connectivity index is 1.46. The predicted octanol–water partition coefficient (Wildman–Crippen LogP) is 3.43. The molecular weight excluding hydrogens is 400 g/mol. The first-order valence-corrected chi connectivity index (χ1v) is 10.8. The average Bonchev–Trinajstić information content (AvgIpc) is 3.08. The molecule has 1 aliphatic heterocycles. The van der Waals surface area contributed by atoms with Gasteiger partial charge in [0.1, 0.15) is 22.7 Å². The molecule has 4 rings (SSSR count). The summed E-state index contributed by atoms with van der Waals surface area (Å²) in [6.07, 6.45) is 2.38. The van der Waals surface area contributed by atoms with Crippen LogP contribution in [-0.4, -0.2) is 49.3 Å². The number of ether oxygens (including phenoxy) is 2. The molecule has 2 N–H and O–H groups in total. The number of amides is 1. The van der Waals surface area contributed by atoms with Gasteiger partial charge >= 0.3 is 0 Å². The van der Waals surface area contributed by atoms with Crippen LogP contribution in [0.4, 0.5) is 5.82 Å². The van der Waals surface area contributed by atoms with Crippen molar-refractivity contribution in [2.45, 2.75) is 20.3 Å². The summed E-state index contributed by atoms with van der Waals surface area (Å²) in [6, 6.07) is 8.03. The number of hydrogen-bond donors (Lipinski definition) is 2. The molecule has 0 unspecified atom stereocenters. The monoisotopic (exact) mass is 426 g/mol. The van der Waals surface area contributed by atoms with E-state index in [4.69, 9.17) is 9.47 Å². The number of carbonyl (C=O) groups excluding carboxylic acids is 1. The van der Waals surface area contributed by atoms with Crippen LogP contribution >= 0.6 is 11.3 Å². The lowest BCUT2D eigenvalue weighted by atomic mass is 9.89. The number of anilines is 1. The highest BCUT2D eigenvalue weighted by molar-refractivity contribution is 7.20. The maximum atomic E-state index is 12.8. The topological polar surface area (TPSA) is 85.4 Å². The number of carbonyl (C=O) groups is 1. The summed E-state index contributed by atoms with van der Waals surface area (Å²) in [6.45, 7) is 6.77. The number of aryl methyl sites for hydroxylation is 1. The molecule has 7 nitrogen and oxygen atoms in total. The zero-order chi connectivity index (χ0) is 21.1. The van der Waals surface area contributed by atoms with Crippen LogP contribution in [0.3, 0.4) is 0 Å². The Kier molecular flexibility index (Phi) is 5.87. The van der Waals surface area contributed by atoms with Crippen LogP contribution in [0.2, 0.25) is 0 Å². The van der Waals surface area contributed by atoms with Gasteiger partial charge in [-0.1, -0.05) is 19.1 Å². The highest BCUT2D eigenvalue weighted by Gasteiger charge is 2.34. The standard InChI is InChI=1S/C22H26N4O3S/c1-14-17-19(23-8-7-15-5-4-6-16(9-15)28-3)25-13-26-21(17)30-18(14)20(27)24-10-22(2)11-29-12-22/h4-6,9,13H,7-8,10-12H2,1-3H3,(H,24,27)(H,23,25,26). The predicted molar refractivity (Wildman–Crippen MR) is 119 cm³/mol. The number of benzene rings is 1. The molecule has 1 fully saturated rings. The van der Waals surface area contributed by atoms with Crippen LogP contribution in [0.15, 0.2) is 30.6 Å². The average molecular weight is 427 g/mol. The smallest absolute Gasteiger partial charge is 0.261 e. The second kappa shape index (κ2) is 8.57. The molecule has 0 saturated carbocycles. The van der Waals surface area contributed by atoms with Gasteiger partial charge in [0, 0.05) is 18.5 Å². The van der Waals surface area contributed by atoms with Crippen LogP contribution < -0.4 is 15.4 Å². The van der Waals surface area contributed by atoms with E-state index in [0.29, 0.717) is 31.2 Å². The Labute approximate surface area is 179 Å². The third kappa shape index (κ3) is 4.24. The van der Waals surface area contributed by atoms with Crippen molar-refractivity contribution in [2.75, 3.05) is 38.7 Å². The van der Waals surface area contributed by atoms with Gasteiger partial charge < -0.3 is 20.1 Å². The molecular formula is C22H26N4O3S. The van der Waals surface area contributed by atoms with Crippen LogP contribution in [0.1, 0.15) is 27.7 Å². The molecule has 30 heavy (non-hydrogen) atoms. The van der Waals surface area contributed by atoms with Crippen LogP contribution in [-0.2, 0) is 11.2 Å². The summed E-state index contributed by atoms with van der Waals surface area (Å²) in [4.78, 5) is 23.1. The summed E-state index contributed by atoms with van der Waals surface area (Å²) >= 11 is 1.41. The first kappa shape index (κ1) is 20.6. The van der Waals surface area contributed by atoms with Gasteiger partial charge in [0.2, 0.25) is 0 Å². The first-order valence-electron chi connectivity index (χ1n) is 9.96. The zero-order valence-corrected chi connectivity index (χ0v) is 18.3. The molecule has 0 atom stereocenters. The minimum absolute atomic E-state index is 0.0346. The molecule has 0 bridgehead atoms. The molecule has 1 aromatic carbocycles. The van der Waals surface area contributed by atoms with Crippen molar-refractivity contribution in [2.24, 2.45) is 5.41 Å². The van der Waals surface area contributed by atoms with Crippen molar-refractivity contribution < 1.29 is 14.3 Å². The van der Waals surface area contributed by atoms with Crippen molar-refractivity contribution in [3.63, 3.8) is 0 Å². The van der Waals surface area contributed by atoms with Gasteiger partial charge in [0.05, 0.1) is 30.6 Å². The Morgan fingerprint density at radius 2 is 2.17 bits per heavy atom. The highest BCUT2D eigenvalue weighted by Crippen LogP contribution is 2.33. The van der Waals surface area contributed by atoms with E-state index in [1.807, 2.05) is 25.1 Å². The molecule has 8 heteroatoms. The Morgan fingerprint density at radius 3 is 2.90 bits per heavy atom. The lowest BCUT2D eigenvalue weighted by Gasteiger charge is -2.37. The van der Waals surface area contributed by atoms with Crippen LogP contribution in [0, 0.1) is 12.3 Å². The van der Waals surface area contributed by atoms with Gasteiger partial charge in [-0.25, -0.2) is 9.97 Å². The molecule has 0 aliphatic carbocycles. The van der Waals surface area contributed by atoms with Crippen LogP contribution in [0.5, 0.6) is 5.75 Å². The van der Waals surface area contributed by atoms with Gasteiger partial charge in [-0.2, -0.15) is 0 Å². The van der Waals surface area contributed by atoms with E-state index in [0.717, 1.165) is 33.8 Å². The van der Waals surface area contributed by atoms with Gasteiger partial charge in [-0.15, -0.1) is 11.3 Å². The molecule has 2 aromatic heterocycles. The van der Waals surface area contributed by atoms with E-state index >= 15 is 0 Å². The number of aromatic nitrogens is 2. The molecule has 0 spiro atoms. The molecule has 3 aromatic rings. The summed E-state index contributed by atoms with van der Waals surface area (Å²) in [5.74, 6) is 1.55. The minimum atomic E-state index is -0.0639. The molecule has 158 valence electrons. The van der Waals surface area contributed by atoms with Crippen molar-refractivity contribution >= 4 is 33.3 Å². The largest absolute Gasteiger partial charge is 0.497 e. The van der Waals surface area contributed by atoms with Gasteiger partial charge in [-0.05, 0) is 36.6 Å². The van der Waals surface area contributed by atoms with Crippen LogP contribution in [0.25, 0.3) is 10.2 Å². The fourth-order valence-corrected chi connectivity index (χ4v) is 4.57. The minimum Gasteiger partial charge on any atom is -0.497 e. The van der Waals surface area contributed by atoms with Gasteiger partial charge in [-0.3, -0.25) is 4.79 Å². The Morgan fingerprint density at radius 1 is 1.33 bits per heavy atom.